The molecule has 2 atom stereocenters. The van der Waals surface area contributed by atoms with Crippen LogP contribution in [0.25, 0.3) is 0 Å². The lowest BCUT2D eigenvalue weighted by molar-refractivity contribution is 0.205. The van der Waals surface area contributed by atoms with Gasteiger partial charge in [-0.15, -0.1) is 0 Å². The van der Waals surface area contributed by atoms with E-state index < -0.39 is 0 Å². The second-order valence-corrected chi connectivity index (χ2v) is 5.76. The fourth-order valence-electron chi connectivity index (χ4n) is 2.79. The number of nitrogens with one attached hydrogen (secondary N) is 1. The van der Waals surface area contributed by atoms with E-state index in [2.05, 4.69) is 43.4 Å². The molecule has 2 nitrogen and oxygen atoms in total. The van der Waals surface area contributed by atoms with Gasteiger partial charge in [-0.1, -0.05) is 44.5 Å². The average molecular weight is 247 g/mol. The summed E-state index contributed by atoms with van der Waals surface area (Å²) in [7, 11) is 0. The fourth-order valence-corrected chi connectivity index (χ4v) is 2.79. The van der Waals surface area contributed by atoms with Crippen LogP contribution < -0.4 is 5.32 Å². The first kappa shape index (κ1) is 13.6. The topological polar surface area (TPSA) is 32.3 Å². The summed E-state index contributed by atoms with van der Waals surface area (Å²) in [6.07, 6.45) is 3.62. The van der Waals surface area contributed by atoms with Gasteiger partial charge < -0.3 is 10.4 Å². The molecule has 0 radical (unpaired) electrons. The molecule has 2 unspecified atom stereocenters. The molecule has 1 aromatic rings. The van der Waals surface area contributed by atoms with Crippen molar-refractivity contribution in [1.82, 2.24) is 5.32 Å². The molecule has 1 aliphatic carbocycles. The molecular formula is C16H25NO. The Morgan fingerprint density at radius 3 is 2.56 bits per heavy atom. The summed E-state index contributed by atoms with van der Waals surface area (Å²) in [5, 5.41) is 12.9. The van der Waals surface area contributed by atoms with Crippen LogP contribution in [-0.4, -0.2) is 17.8 Å². The highest BCUT2D eigenvalue weighted by atomic mass is 16.3. The minimum Gasteiger partial charge on any atom is -0.396 e. The van der Waals surface area contributed by atoms with E-state index in [0.29, 0.717) is 24.5 Å². The molecule has 2 rings (SSSR count). The molecule has 0 heterocycles. The van der Waals surface area contributed by atoms with Crippen LogP contribution >= 0.6 is 0 Å². The maximum atomic E-state index is 9.29. The molecule has 2 N–H and O–H groups in total. The van der Waals surface area contributed by atoms with E-state index >= 15 is 0 Å². The van der Waals surface area contributed by atoms with Crippen LogP contribution in [0.15, 0.2) is 24.3 Å². The van der Waals surface area contributed by atoms with E-state index in [9.17, 15) is 5.11 Å². The van der Waals surface area contributed by atoms with E-state index in [-0.39, 0.29) is 0 Å². The Hall–Kier alpha value is -0.860. The number of rotatable bonds is 5. The lowest BCUT2D eigenvalue weighted by Crippen LogP contribution is -2.33. The quantitative estimate of drug-likeness (QED) is 0.838. The van der Waals surface area contributed by atoms with Crippen LogP contribution in [0.5, 0.6) is 0 Å². The summed E-state index contributed by atoms with van der Waals surface area (Å²) in [6.45, 7) is 5.68. The van der Waals surface area contributed by atoms with Crippen molar-refractivity contribution in [3.63, 3.8) is 0 Å². The summed E-state index contributed by atoms with van der Waals surface area (Å²) in [4.78, 5) is 0. The van der Waals surface area contributed by atoms with Crippen molar-refractivity contribution in [2.24, 2.45) is 5.92 Å². The standard InChI is InChI=1S/C16H25NO/c1-12(2)14-8-6-13(7-9-14)10-17-16-5-3-4-15(16)11-18/h6-9,12,15-18H,3-5,10-11H2,1-2H3. The Morgan fingerprint density at radius 1 is 1.22 bits per heavy atom. The number of aliphatic hydroxyl groups is 1. The van der Waals surface area contributed by atoms with E-state index in [1.54, 1.807) is 0 Å². The van der Waals surface area contributed by atoms with Crippen molar-refractivity contribution >= 4 is 0 Å². The summed E-state index contributed by atoms with van der Waals surface area (Å²) in [5.74, 6) is 1.06. The molecule has 1 aliphatic rings. The number of benzene rings is 1. The summed E-state index contributed by atoms with van der Waals surface area (Å²) in [5.41, 5.74) is 2.73. The zero-order valence-electron chi connectivity index (χ0n) is 11.5. The first-order valence-electron chi connectivity index (χ1n) is 7.13. The van der Waals surface area contributed by atoms with Gasteiger partial charge in [0, 0.05) is 19.2 Å². The molecule has 1 fully saturated rings. The molecule has 1 aromatic carbocycles. The van der Waals surface area contributed by atoms with Crippen molar-refractivity contribution in [2.45, 2.75) is 51.6 Å². The van der Waals surface area contributed by atoms with Crippen LogP contribution in [0.1, 0.15) is 50.2 Å². The highest BCUT2D eigenvalue weighted by Crippen LogP contribution is 2.25. The summed E-state index contributed by atoms with van der Waals surface area (Å²) >= 11 is 0. The highest BCUT2D eigenvalue weighted by molar-refractivity contribution is 5.24. The van der Waals surface area contributed by atoms with Gasteiger partial charge >= 0.3 is 0 Å². The Bertz CT molecular complexity index is 358. The molecule has 0 bridgehead atoms. The normalized spacial score (nSPS) is 23.8. The van der Waals surface area contributed by atoms with Crippen LogP contribution in [0.3, 0.4) is 0 Å². The minimum atomic E-state index is 0.323. The Kier molecular flexibility index (Phi) is 4.79. The van der Waals surface area contributed by atoms with E-state index in [0.717, 1.165) is 6.54 Å². The number of hydrogen-bond donors (Lipinski definition) is 2. The maximum absolute atomic E-state index is 9.29. The second-order valence-electron chi connectivity index (χ2n) is 5.76. The predicted molar refractivity (Wildman–Crippen MR) is 75.6 cm³/mol. The SMILES string of the molecule is CC(C)c1ccc(CNC2CCCC2CO)cc1. The molecule has 0 saturated heterocycles. The monoisotopic (exact) mass is 247 g/mol. The lowest BCUT2D eigenvalue weighted by atomic mass is 10.0. The first-order valence-corrected chi connectivity index (χ1v) is 7.13. The zero-order chi connectivity index (χ0) is 13.0. The average Bonchev–Trinajstić information content (AvgIpc) is 2.84. The van der Waals surface area contributed by atoms with Gasteiger partial charge in [-0.05, 0) is 35.8 Å². The molecular weight excluding hydrogens is 222 g/mol. The van der Waals surface area contributed by atoms with Gasteiger partial charge in [0.1, 0.15) is 0 Å². The zero-order valence-corrected chi connectivity index (χ0v) is 11.5. The number of aliphatic hydroxyl groups excluding tert-OH is 1. The van der Waals surface area contributed by atoms with Crippen molar-refractivity contribution in [1.29, 1.82) is 0 Å². The van der Waals surface area contributed by atoms with Crippen LogP contribution in [0, 0.1) is 5.92 Å². The van der Waals surface area contributed by atoms with Crippen LogP contribution in [-0.2, 0) is 6.54 Å². The molecule has 0 spiro atoms. The highest BCUT2D eigenvalue weighted by Gasteiger charge is 2.25. The third-order valence-corrected chi connectivity index (χ3v) is 4.11. The van der Waals surface area contributed by atoms with E-state index in [1.807, 2.05) is 0 Å². The van der Waals surface area contributed by atoms with Gasteiger partial charge in [0.15, 0.2) is 0 Å². The van der Waals surface area contributed by atoms with E-state index in [1.165, 1.54) is 30.4 Å². The Balaban J connectivity index is 1.86. The van der Waals surface area contributed by atoms with Gasteiger partial charge in [-0.3, -0.25) is 0 Å². The molecule has 0 aromatic heterocycles. The van der Waals surface area contributed by atoms with Gasteiger partial charge in [0.25, 0.3) is 0 Å². The van der Waals surface area contributed by atoms with Gasteiger partial charge in [-0.25, -0.2) is 0 Å². The second kappa shape index (κ2) is 6.35. The number of hydrogen-bond acceptors (Lipinski definition) is 2. The van der Waals surface area contributed by atoms with Crippen molar-refractivity contribution < 1.29 is 5.11 Å². The Labute approximate surface area is 110 Å². The van der Waals surface area contributed by atoms with Crippen LogP contribution in [0.4, 0.5) is 0 Å². The van der Waals surface area contributed by atoms with Crippen molar-refractivity contribution in [3.8, 4) is 0 Å². The Morgan fingerprint density at radius 2 is 1.94 bits per heavy atom. The van der Waals surface area contributed by atoms with Gasteiger partial charge in [0.2, 0.25) is 0 Å². The van der Waals surface area contributed by atoms with Crippen molar-refractivity contribution in [2.75, 3.05) is 6.61 Å². The molecule has 0 aliphatic heterocycles. The van der Waals surface area contributed by atoms with Crippen molar-refractivity contribution in [3.05, 3.63) is 35.4 Å². The maximum Gasteiger partial charge on any atom is 0.0474 e. The molecule has 18 heavy (non-hydrogen) atoms. The molecule has 0 amide bonds. The van der Waals surface area contributed by atoms with E-state index in [4.69, 9.17) is 0 Å². The predicted octanol–water partition coefficient (Wildman–Crippen LogP) is 3.06. The summed E-state index contributed by atoms with van der Waals surface area (Å²) < 4.78 is 0. The molecule has 2 heteroatoms. The third kappa shape index (κ3) is 3.33. The largest absolute Gasteiger partial charge is 0.396 e. The third-order valence-electron chi connectivity index (χ3n) is 4.11. The summed E-state index contributed by atoms with van der Waals surface area (Å²) in [6, 6.07) is 9.37. The minimum absolute atomic E-state index is 0.323. The molecule has 1 saturated carbocycles. The first-order chi connectivity index (χ1) is 8.70. The molecule has 100 valence electrons. The lowest BCUT2D eigenvalue weighted by Gasteiger charge is -2.19. The smallest absolute Gasteiger partial charge is 0.0474 e. The fraction of sp³-hybridized carbons (Fsp3) is 0.625. The van der Waals surface area contributed by atoms with Crippen LogP contribution in [0.2, 0.25) is 0 Å². The van der Waals surface area contributed by atoms with Gasteiger partial charge in [-0.2, -0.15) is 0 Å². The van der Waals surface area contributed by atoms with Gasteiger partial charge in [0.05, 0.1) is 0 Å².